The standard InChI is InChI=1S/C8H11N3O2S/c1-11-3-2-5(7(11)12)9-6-4-14-8(13)10-6/h5H,2-4H2,1H3,(H,9,10,13)/t5-/m1/s1. The quantitative estimate of drug-likeness (QED) is 0.669. The van der Waals surface area contributed by atoms with E-state index in [-0.39, 0.29) is 17.2 Å². The molecule has 0 saturated carbocycles. The summed E-state index contributed by atoms with van der Waals surface area (Å²) in [6.07, 6.45) is 0.785. The molecule has 5 nitrogen and oxygen atoms in total. The zero-order valence-electron chi connectivity index (χ0n) is 7.82. The van der Waals surface area contributed by atoms with Gasteiger partial charge in [-0.05, 0) is 6.42 Å². The van der Waals surface area contributed by atoms with Crippen LogP contribution in [0.4, 0.5) is 4.79 Å². The number of likely N-dealkylation sites (N-methyl/N-ethyl adjacent to an activating group) is 1. The lowest BCUT2D eigenvalue weighted by Gasteiger charge is -2.12. The molecule has 2 rings (SSSR count). The second-order valence-corrected chi connectivity index (χ2v) is 4.29. The molecule has 2 aliphatic rings. The van der Waals surface area contributed by atoms with Crippen molar-refractivity contribution in [1.82, 2.24) is 10.2 Å². The number of aliphatic imine (C=N–C) groups is 1. The Balaban J connectivity index is 1.95. The lowest BCUT2D eigenvalue weighted by molar-refractivity contribution is -0.127. The number of carbonyl (C=O) groups excluding carboxylic acids is 2. The van der Waals surface area contributed by atoms with E-state index < -0.39 is 0 Å². The highest BCUT2D eigenvalue weighted by atomic mass is 32.2. The summed E-state index contributed by atoms with van der Waals surface area (Å²) in [5, 5.41) is 2.83. The first-order valence-corrected chi connectivity index (χ1v) is 5.41. The molecule has 1 saturated heterocycles. The molecule has 0 unspecified atom stereocenters. The summed E-state index contributed by atoms with van der Waals surface area (Å²) in [4.78, 5) is 27.8. The van der Waals surface area contributed by atoms with E-state index in [1.807, 2.05) is 0 Å². The molecule has 76 valence electrons. The fourth-order valence-electron chi connectivity index (χ4n) is 1.54. The normalized spacial score (nSPS) is 27.1. The maximum absolute atomic E-state index is 11.5. The molecule has 0 aromatic rings. The van der Waals surface area contributed by atoms with Crippen molar-refractivity contribution < 1.29 is 9.59 Å². The zero-order valence-corrected chi connectivity index (χ0v) is 8.63. The molecular formula is C8H11N3O2S. The number of nitrogens with zero attached hydrogens (tertiary/aromatic N) is 2. The van der Waals surface area contributed by atoms with Gasteiger partial charge in [0.1, 0.15) is 11.9 Å². The SMILES string of the molecule is CN1CC[C@@H](NC2=NC(=O)SC2)C1=O. The molecule has 14 heavy (non-hydrogen) atoms. The highest BCUT2D eigenvalue weighted by Gasteiger charge is 2.30. The molecule has 0 aromatic carbocycles. The summed E-state index contributed by atoms with van der Waals surface area (Å²) < 4.78 is 0. The Hall–Kier alpha value is -1.04. The van der Waals surface area contributed by atoms with Crippen LogP contribution in [0.2, 0.25) is 0 Å². The fourth-order valence-corrected chi connectivity index (χ4v) is 2.12. The number of hydrogen-bond donors (Lipinski definition) is 1. The van der Waals surface area contributed by atoms with Gasteiger partial charge < -0.3 is 10.2 Å². The van der Waals surface area contributed by atoms with Gasteiger partial charge in [-0.25, -0.2) is 0 Å². The third kappa shape index (κ3) is 1.75. The summed E-state index contributed by atoms with van der Waals surface area (Å²) in [6.45, 7) is 0.769. The van der Waals surface area contributed by atoms with Crippen LogP contribution in [0.25, 0.3) is 0 Å². The minimum absolute atomic E-state index is 0.0806. The summed E-state index contributed by atoms with van der Waals surface area (Å²) in [5.41, 5.74) is 0. The van der Waals surface area contributed by atoms with Gasteiger partial charge >= 0.3 is 5.24 Å². The van der Waals surface area contributed by atoms with E-state index in [0.29, 0.717) is 11.6 Å². The molecule has 0 radical (unpaired) electrons. The van der Waals surface area contributed by atoms with E-state index in [4.69, 9.17) is 0 Å². The second kappa shape index (κ2) is 3.61. The van der Waals surface area contributed by atoms with E-state index in [1.165, 1.54) is 0 Å². The van der Waals surface area contributed by atoms with Crippen LogP contribution in [-0.2, 0) is 4.79 Å². The number of rotatable bonds is 1. The highest BCUT2D eigenvalue weighted by Crippen LogP contribution is 2.15. The largest absolute Gasteiger partial charge is 0.361 e. The summed E-state index contributed by atoms with van der Waals surface area (Å²) in [5.74, 6) is 1.28. The van der Waals surface area contributed by atoms with Crippen molar-refractivity contribution in [3.63, 3.8) is 0 Å². The van der Waals surface area contributed by atoms with Gasteiger partial charge in [-0.1, -0.05) is 11.8 Å². The van der Waals surface area contributed by atoms with Crippen molar-refractivity contribution in [3.8, 4) is 0 Å². The Bertz CT molecular complexity index is 316. The molecule has 1 N–H and O–H groups in total. The van der Waals surface area contributed by atoms with E-state index in [9.17, 15) is 9.59 Å². The minimum Gasteiger partial charge on any atom is -0.361 e. The third-order valence-electron chi connectivity index (χ3n) is 2.33. The van der Waals surface area contributed by atoms with Crippen LogP contribution < -0.4 is 5.32 Å². The number of likely N-dealkylation sites (tertiary alicyclic amines) is 1. The van der Waals surface area contributed by atoms with Crippen LogP contribution in [0, 0.1) is 0 Å². The molecule has 1 atom stereocenters. The lowest BCUT2D eigenvalue weighted by atomic mass is 10.2. The summed E-state index contributed by atoms with van der Waals surface area (Å²) in [7, 11) is 1.78. The van der Waals surface area contributed by atoms with Crippen molar-refractivity contribution >= 4 is 28.7 Å². The first kappa shape index (κ1) is 9.51. The maximum atomic E-state index is 11.5. The van der Waals surface area contributed by atoms with E-state index >= 15 is 0 Å². The number of nitrogens with one attached hydrogen (secondary N) is 1. The van der Waals surface area contributed by atoms with Crippen LogP contribution in [0.15, 0.2) is 4.99 Å². The number of hydrogen-bond acceptors (Lipinski definition) is 4. The van der Waals surface area contributed by atoms with Gasteiger partial charge in [-0.15, -0.1) is 0 Å². The van der Waals surface area contributed by atoms with E-state index in [2.05, 4.69) is 10.3 Å². The van der Waals surface area contributed by atoms with Crippen LogP contribution >= 0.6 is 11.8 Å². The maximum Gasteiger partial charge on any atom is 0.306 e. The summed E-state index contributed by atoms with van der Waals surface area (Å²) >= 11 is 1.16. The Morgan fingerprint density at radius 2 is 2.36 bits per heavy atom. The Labute approximate surface area is 85.9 Å². The fraction of sp³-hybridized carbons (Fsp3) is 0.625. The van der Waals surface area contributed by atoms with Gasteiger partial charge in [0.15, 0.2) is 0 Å². The monoisotopic (exact) mass is 213 g/mol. The van der Waals surface area contributed by atoms with Crippen LogP contribution in [0.5, 0.6) is 0 Å². The summed E-state index contributed by atoms with van der Waals surface area (Å²) in [6, 6.07) is -0.190. The molecule has 2 aliphatic heterocycles. The predicted octanol–water partition coefficient (Wildman–Crippen LogP) is 0.0720. The lowest BCUT2D eigenvalue weighted by Crippen LogP contribution is -2.40. The highest BCUT2D eigenvalue weighted by molar-refractivity contribution is 8.14. The number of carbonyl (C=O) groups is 2. The average molecular weight is 213 g/mol. The molecule has 0 spiro atoms. The Kier molecular flexibility index (Phi) is 2.45. The number of thioether (sulfide) groups is 1. The van der Waals surface area contributed by atoms with Gasteiger partial charge in [0.05, 0.1) is 5.75 Å². The number of amides is 2. The molecule has 2 heterocycles. The van der Waals surface area contributed by atoms with Crippen molar-refractivity contribution in [3.05, 3.63) is 0 Å². The molecular weight excluding hydrogens is 202 g/mol. The van der Waals surface area contributed by atoms with Gasteiger partial charge in [-0.3, -0.25) is 9.59 Å². The second-order valence-electron chi connectivity index (χ2n) is 3.36. The van der Waals surface area contributed by atoms with Crippen LogP contribution in [0.1, 0.15) is 6.42 Å². The third-order valence-corrected chi connectivity index (χ3v) is 3.08. The first-order chi connectivity index (χ1) is 6.66. The molecule has 0 aromatic heterocycles. The molecule has 0 aliphatic carbocycles. The van der Waals surface area contributed by atoms with Crippen LogP contribution in [-0.4, -0.2) is 47.3 Å². The Morgan fingerprint density at radius 3 is 2.86 bits per heavy atom. The van der Waals surface area contributed by atoms with Gasteiger partial charge in [0.2, 0.25) is 5.91 Å². The van der Waals surface area contributed by atoms with Crippen molar-refractivity contribution in [2.45, 2.75) is 12.5 Å². The topological polar surface area (TPSA) is 61.8 Å². The van der Waals surface area contributed by atoms with Crippen molar-refractivity contribution in [2.24, 2.45) is 4.99 Å². The minimum atomic E-state index is -0.190. The van der Waals surface area contributed by atoms with Gasteiger partial charge in [0.25, 0.3) is 0 Å². The van der Waals surface area contributed by atoms with E-state index in [0.717, 1.165) is 24.7 Å². The van der Waals surface area contributed by atoms with E-state index in [1.54, 1.807) is 11.9 Å². The van der Waals surface area contributed by atoms with Gasteiger partial charge in [-0.2, -0.15) is 4.99 Å². The molecule has 2 amide bonds. The smallest absolute Gasteiger partial charge is 0.306 e. The van der Waals surface area contributed by atoms with Crippen LogP contribution in [0.3, 0.4) is 0 Å². The first-order valence-electron chi connectivity index (χ1n) is 4.42. The van der Waals surface area contributed by atoms with Crippen molar-refractivity contribution in [1.29, 1.82) is 0 Å². The van der Waals surface area contributed by atoms with Crippen molar-refractivity contribution in [2.75, 3.05) is 19.3 Å². The molecule has 1 fully saturated rings. The average Bonchev–Trinajstić information content (AvgIpc) is 2.67. The van der Waals surface area contributed by atoms with Gasteiger partial charge in [0, 0.05) is 13.6 Å². The number of amidine groups is 1. The zero-order chi connectivity index (χ0) is 10.1. The Morgan fingerprint density at radius 1 is 1.57 bits per heavy atom. The molecule has 6 heteroatoms. The molecule has 0 bridgehead atoms. The predicted molar refractivity (Wildman–Crippen MR) is 54.5 cm³/mol.